The van der Waals surface area contributed by atoms with Crippen LogP contribution in [0, 0.1) is 6.92 Å². The van der Waals surface area contributed by atoms with E-state index in [1.54, 1.807) is 31.2 Å². The maximum Gasteiger partial charge on any atom is 0.344 e. The van der Waals surface area contributed by atoms with Crippen molar-refractivity contribution >= 4 is 29.2 Å². The first-order chi connectivity index (χ1) is 10.5. The average molecular weight is 342 g/mol. The predicted octanol–water partition coefficient (Wildman–Crippen LogP) is 4.28. The highest BCUT2D eigenvalue weighted by atomic mass is 35.5. The van der Waals surface area contributed by atoms with Gasteiger partial charge in [-0.2, -0.15) is 0 Å². The molecule has 0 saturated heterocycles. The molecule has 0 aliphatic rings. The minimum absolute atomic E-state index is 0.0393. The van der Waals surface area contributed by atoms with Gasteiger partial charge < -0.3 is 14.2 Å². The van der Waals surface area contributed by atoms with Crippen LogP contribution in [0.1, 0.15) is 16.1 Å². The lowest BCUT2D eigenvalue weighted by atomic mass is 10.2. The average Bonchev–Trinajstić information content (AvgIpc) is 2.47. The molecule has 0 bridgehead atoms. The Hall–Kier alpha value is -1.98. The van der Waals surface area contributed by atoms with Crippen molar-refractivity contribution in [1.82, 2.24) is 4.98 Å². The fourth-order valence-electron chi connectivity index (χ4n) is 1.80. The van der Waals surface area contributed by atoms with Crippen LogP contribution in [-0.4, -0.2) is 25.2 Å². The van der Waals surface area contributed by atoms with E-state index in [-0.39, 0.29) is 16.5 Å². The van der Waals surface area contributed by atoms with Crippen molar-refractivity contribution < 1.29 is 19.0 Å². The summed E-state index contributed by atoms with van der Waals surface area (Å²) >= 11 is 12.0. The Kier molecular flexibility index (Phi) is 5.11. The lowest BCUT2D eigenvalue weighted by molar-refractivity contribution is 0.0597. The number of aromatic nitrogens is 1. The zero-order valence-electron chi connectivity index (χ0n) is 12.1. The van der Waals surface area contributed by atoms with Crippen LogP contribution in [0.5, 0.6) is 17.4 Å². The molecule has 2 aromatic rings. The number of halogens is 2. The molecule has 0 N–H and O–H groups in total. The molecule has 7 heteroatoms. The van der Waals surface area contributed by atoms with Crippen molar-refractivity contribution in [2.24, 2.45) is 0 Å². The maximum atomic E-state index is 11.9. The molecular formula is C15H13Cl2NO4. The van der Waals surface area contributed by atoms with E-state index in [9.17, 15) is 4.79 Å². The van der Waals surface area contributed by atoms with E-state index in [4.69, 9.17) is 37.4 Å². The quantitative estimate of drug-likeness (QED) is 0.776. The molecule has 2 rings (SSSR count). The number of aryl methyl sites for hydroxylation is 1. The topological polar surface area (TPSA) is 57.7 Å². The van der Waals surface area contributed by atoms with Crippen LogP contribution >= 0.6 is 23.2 Å². The molecule has 0 fully saturated rings. The number of esters is 1. The van der Waals surface area contributed by atoms with Gasteiger partial charge in [0.05, 0.1) is 19.2 Å². The van der Waals surface area contributed by atoms with Crippen LogP contribution in [-0.2, 0) is 4.74 Å². The third-order valence-electron chi connectivity index (χ3n) is 2.79. The van der Waals surface area contributed by atoms with Crippen LogP contribution in [0.15, 0.2) is 24.3 Å². The van der Waals surface area contributed by atoms with Gasteiger partial charge in [0.15, 0.2) is 11.5 Å². The second-order valence-electron chi connectivity index (χ2n) is 4.31. The summed E-state index contributed by atoms with van der Waals surface area (Å²) in [5.41, 5.74) is 0.646. The van der Waals surface area contributed by atoms with Gasteiger partial charge in [0.25, 0.3) is 0 Å². The van der Waals surface area contributed by atoms with E-state index in [1.807, 2.05) is 0 Å². The number of benzene rings is 1. The Labute approximate surface area is 137 Å². The van der Waals surface area contributed by atoms with Crippen molar-refractivity contribution in [2.45, 2.75) is 6.92 Å². The van der Waals surface area contributed by atoms with Crippen molar-refractivity contribution in [1.29, 1.82) is 0 Å². The van der Waals surface area contributed by atoms with Gasteiger partial charge in [0, 0.05) is 16.8 Å². The number of nitrogens with zero attached hydrogens (tertiary/aromatic N) is 1. The Morgan fingerprint density at radius 3 is 2.50 bits per heavy atom. The summed E-state index contributed by atoms with van der Waals surface area (Å²) in [5.74, 6) is 0.159. The Balaban J connectivity index is 2.51. The van der Waals surface area contributed by atoms with Gasteiger partial charge in [0.1, 0.15) is 5.56 Å². The van der Waals surface area contributed by atoms with E-state index in [0.717, 1.165) is 0 Å². The van der Waals surface area contributed by atoms with E-state index in [1.165, 1.54) is 14.2 Å². The molecule has 5 nitrogen and oxygen atoms in total. The van der Waals surface area contributed by atoms with Gasteiger partial charge in [-0.1, -0.05) is 23.2 Å². The van der Waals surface area contributed by atoms with Crippen LogP contribution in [0.4, 0.5) is 0 Å². The number of rotatable bonds is 4. The van der Waals surface area contributed by atoms with Crippen molar-refractivity contribution in [3.8, 4) is 17.4 Å². The van der Waals surface area contributed by atoms with Gasteiger partial charge >= 0.3 is 5.97 Å². The first-order valence-electron chi connectivity index (χ1n) is 6.23. The van der Waals surface area contributed by atoms with Crippen molar-refractivity contribution in [3.63, 3.8) is 0 Å². The molecule has 1 heterocycles. The van der Waals surface area contributed by atoms with Crippen LogP contribution in [0.25, 0.3) is 0 Å². The molecule has 116 valence electrons. The summed E-state index contributed by atoms with van der Waals surface area (Å²) in [6, 6.07) is 6.39. The van der Waals surface area contributed by atoms with E-state index in [0.29, 0.717) is 22.2 Å². The van der Waals surface area contributed by atoms with Crippen LogP contribution in [0.2, 0.25) is 10.0 Å². The number of pyridine rings is 1. The number of carbonyl (C=O) groups excluding carboxylic acids is 1. The molecule has 1 aromatic heterocycles. The summed E-state index contributed by atoms with van der Waals surface area (Å²) < 4.78 is 15.6. The lowest BCUT2D eigenvalue weighted by Crippen LogP contribution is -2.07. The van der Waals surface area contributed by atoms with Crippen LogP contribution < -0.4 is 9.47 Å². The molecule has 22 heavy (non-hydrogen) atoms. The summed E-state index contributed by atoms with van der Waals surface area (Å²) in [7, 11) is 2.74. The number of methoxy groups -OCH3 is 2. The summed E-state index contributed by atoms with van der Waals surface area (Å²) in [4.78, 5) is 16.1. The normalized spacial score (nSPS) is 10.2. The summed E-state index contributed by atoms with van der Waals surface area (Å²) in [5, 5.41) is 0.690. The third kappa shape index (κ3) is 3.43. The number of hydrogen-bond acceptors (Lipinski definition) is 5. The summed E-state index contributed by atoms with van der Waals surface area (Å²) in [6.45, 7) is 1.74. The number of hydrogen-bond donors (Lipinski definition) is 0. The van der Waals surface area contributed by atoms with E-state index < -0.39 is 5.97 Å². The second-order valence-corrected chi connectivity index (χ2v) is 5.16. The molecular weight excluding hydrogens is 329 g/mol. The van der Waals surface area contributed by atoms with E-state index in [2.05, 4.69) is 4.98 Å². The minimum atomic E-state index is -0.638. The standard InChI is InChI=1S/C15H13Cl2NO4/c1-8-6-10(17)13(15(19)21-3)14(18-8)22-11-5-4-9(16)7-12(11)20-2/h4-7H,1-3H3. The largest absolute Gasteiger partial charge is 0.493 e. The Bertz CT molecular complexity index is 719. The highest BCUT2D eigenvalue weighted by Crippen LogP contribution is 2.36. The smallest absolute Gasteiger partial charge is 0.344 e. The summed E-state index contributed by atoms with van der Waals surface area (Å²) in [6.07, 6.45) is 0. The first-order valence-corrected chi connectivity index (χ1v) is 6.98. The minimum Gasteiger partial charge on any atom is -0.493 e. The van der Waals surface area contributed by atoms with Crippen molar-refractivity contribution in [2.75, 3.05) is 14.2 Å². The molecule has 0 aliphatic heterocycles. The third-order valence-corrected chi connectivity index (χ3v) is 3.32. The molecule has 0 atom stereocenters. The molecule has 0 spiro atoms. The molecule has 0 saturated carbocycles. The molecule has 1 aromatic carbocycles. The fourth-order valence-corrected chi connectivity index (χ4v) is 2.27. The molecule has 0 amide bonds. The number of ether oxygens (including phenoxy) is 3. The highest BCUT2D eigenvalue weighted by molar-refractivity contribution is 6.34. The van der Waals surface area contributed by atoms with Crippen LogP contribution in [0.3, 0.4) is 0 Å². The monoisotopic (exact) mass is 341 g/mol. The highest BCUT2D eigenvalue weighted by Gasteiger charge is 2.21. The molecule has 0 unspecified atom stereocenters. The Morgan fingerprint density at radius 1 is 1.14 bits per heavy atom. The zero-order valence-corrected chi connectivity index (χ0v) is 13.7. The van der Waals surface area contributed by atoms with Gasteiger partial charge in [-0.05, 0) is 25.1 Å². The number of carbonyl (C=O) groups is 1. The predicted molar refractivity (Wildman–Crippen MR) is 83.4 cm³/mol. The van der Waals surface area contributed by atoms with Gasteiger partial charge in [-0.25, -0.2) is 9.78 Å². The lowest BCUT2D eigenvalue weighted by Gasteiger charge is -2.13. The molecule has 0 radical (unpaired) electrons. The maximum absolute atomic E-state index is 11.9. The van der Waals surface area contributed by atoms with E-state index >= 15 is 0 Å². The zero-order chi connectivity index (χ0) is 16.3. The first kappa shape index (κ1) is 16.4. The SMILES string of the molecule is COC(=O)c1c(Cl)cc(C)nc1Oc1ccc(Cl)cc1OC. The van der Waals surface area contributed by atoms with Gasteiger partial charge in [0.2, 0.25) is 5.88 Å². The Morgan fingerprint density at radius 2 is 1.86 bits per heavy atom. The van der Waals surface area contributed by atoms with Gasteiger partial charge in [-0.3, -0.25) is 0 Å². The molecule has 0 aliphatic carbocycles. The fraction of sp³-hybridized carbons (Fsp3) is 0.200. The van der Waals surface area contributed by atoms with Crippen molar-refractivity contribution in [3.05, 3.63) is 45.6 Å². The van der Waals surface area contributed by atoms with Gasteiger partial charge in [-0.15, -0.1) is 0 Å². The second kappa shape index (κ2) is 6.85.